The molecule has 0 unspecified atom stereocenters. The van der Waals surface area contributed by atoms with E-state index in [9.17, 15) is 4.79 Å². The summed E-state index contributed by atoms with van der Waals surface area (Å²) < 4.78 is 0. The van der Waals surface area contributed by atoms with Gasteiger partial charge in [-0.2, -0.15) is 0 Å². The Labute approximate surface area is 121 Å². The van der Waals surface area contributed by atoms with Gasteiger partial charge in [-0.1, -0.05) is 25.7 Å². The van der Waals surface area contributed by atoms with Crippen LogP contribution in [0.5, 0.6) is 0 Å². The largest absolute Gasteiger partial charge is 0.395 e. The molecule has 20 heavy (non-hydrogen) atoms. The number of aryl methyl sites for hydroxylation is 1. The van der Waals surface area contributed by atoms with E-state index in [1.165, 1.54) is 0 Å². The first kappa shape index (κ1) is 16.3. The van der Waals surface area contributed by atoms with Crippen molar-refractivity contribution in [3.8, 4) is 11.8 Å². The Morgan fingerprint density at radius 1 is 1.35 bits per heavy atom. The third-order valence-corrected chi connectivity index (χ3v) is 3.27. The molecule has 3 heteroatoms. The van der Waals surface area contributed by atoms with E-state index in [-0.39, 0.29) is 18.6 Å². The van der Waals surface area contributed by atoms with Crippen LogP contribution in [-0.4, -0.2) is 23.7 Å². The lowest BCUT2D eigenvalue weighted by Crippen LogP contribution is -2.33. The average molecular weight is 273 g/mol. The summed E-state index contributed by atoms with van der Waals surface area (Å²) in [5, 5.41) is 11.7. The maximum Gasteiger partial charge on any atom is 0.251 e. The lowest BCUT2D eigenvalue weighted by molar-refractivity contribution is 0.0935. The summed E-state index contributed by atoms with van der Waals surface area (Å²) in [5.74, 6) is 5.86. The molecule has 0 heterocycles. The summed E-state index contributed by atoms with van der Waals surface area (Å²) in [7, 11) is 0. The van der Waals surface area contributed by atoms with Gasteiger partial charge in [-0.3, -0.25) is 4.79 Å². The molecule has 0 saturated heterocycles. The van der Waals surface area contributed by atoms with E-state index < -0.39 is 0 Å². The van der Waals surface area contributed by atoms with Gasteiger partial charge in [-0.15, -0.1) is 0 Å². The Balaban J connectivity index is 2.82. The van der Waals surface area contributed by atoms with Gasteiger partial charge < -0.3 is 10.4 Å². The maximum absolute atomic E-state index is 12.1. The van der Waals surface area contributed by atoms with Crippen LogP contribution in [-0.2, 0) is 0 Å². The van der Waals surface area contributed by atoms with E-state index in [2.05, 4.69) is 31.0 Å². The number of amides is 1. The summed E-state index contributed by atoms with van der Waals surface area (Å²) in [6.07, 6.45) is 2.34. The highest BCUT2D eigenvalue weighted by Gasteiger charge is 2.11. The second-order valence-corrected chi connectivity index (χ2v) is 4.79. The first-order valence-electron chi connectivity index (χ1n) is 7.13. The highest BCUT2D eigenvalue weighted by molar-refractivity contribution is 5.94. The molecule has 1 aromatic rings. The molecule has 0 aliphatic rings. The van der Waals surface area contributed by atoms with Crippen molar-refractivity contribution in [2.24, 2.45) is 0 Å². The molecule has 0 spiro atoms. The van der Waals surface area contributed by atoms with Gasteiger partial charge in [0.25, 0.3) is 5.91 Å². The van der Waals surface area contributed by atoms with Crippen molar-refractivity contribution in [2.45, 2.75) is 46.1 Å². The Hall–Kier alpha value is -1.79. The standard InChI is InChI=1S/C17H23NO2/c1-4-16(5-2)18-17(20)15-10-9-14(13(3)12-15)8-6-7-11-19/h9-10,12,16,19H,4-5,7,11H2,1-3H3,(H,18,20). The maximum atomic E-state index is 12.1. The number of aliphatic hydroxyl groups is 1. The molecule has 0 fully saturated rings. The van der Waals surface area contributed by atoms with Crippen LogP contribution in [0.1, 0.15) is 54.6 Å². The predicted octanol–water partition coefficient (Wildman–Crippen LogP) is 2.65. The molecule has 0 radical (unpaired) electrons. The second kappa shape index (κ2) is 8.39. The Kier molecular flexibility index (Phi) is 6.83. The lowest BCUT2D eigenvalue weighted by atomic mass is 10.0. The smallest absolute Gasteiger partial charge is 0.251 e. The zero-order valence-corrected chi connectivity index (χ0v) is 12.5. The SMILES string of the molecule is CCC(CC)NC(=O)c1ccc(C#CCCO)c(C)c1. The van der Waals surface area contributed by atoms with Gasteiger partial charge in [-0.05, 0) is 43.5 Å². The molecule has 0 aromatic heterocycles. The van der Waals surface area contributed by atoms with E-state index in [4.69, 9.17) is 5.11 Å². The predicted molar refractivity (Wildman–Crippen MR) is 81.6 cm³/mol. The second-order valence-electron chi connectivity index (χ2n) is 4.79. The van der Waals surface area contributed by atoms with Crippen molar-refractivity contribution >= 4 is 5.91 Å². The Morgan fingerprint density at radius 2 is 2.05 bits per heavy atom. The lowest BCUT2D eigenvalue weighted by Gasteiger charge is -2.15. The molecule has 1 rings (SSSR count). The molecule has 108 valence electrons. The normalized spacial score (nSPS) is 10.1. The van der Waals surface area contributed by atoms with Gasteiger partial charge in [-0.25, -0.2) is 0 Å². The fourth-order valence-electron chi connectivity index (χ4n) is 1.92. The fourth-order valence-corrected chi connectivity index (χ4v) is 1.92. The zero-order valence-electron chi connectivity index (χ0n) is 12.5. The van der Waals surface area contributed by atoms with Gasteiger partial charge in [0, 0.05) is 23.6 Å². The Bertz CT molecular complexity index is 507. The average Bonchev–Trinajstić information content (AvgIpc) is 2.46. The highest BCUT2D eigenvalue weighted by atomic mass is 16.2. The van der Waals surface area contributed by atoms with Crippen LogP contribution in [0.3, 0.4) is 0 Å². The molecule has 3 nitrogen and oxygen atoms in total. The van der Waals surface area contributed by atoms with Crippen molar-refractivity contribution < 1.29 is 9.90 Å². The first-order chi connectivity index (χ1) is 9.62. The highest BCUT2D eigenvalue weighted by Crippen LogP contribution is 2.11. The fraction of sp³-hybridized carbons (Fsp3) is 0.471. The van der Waals surface area contributed by atoms with Crippen molar-refractivity contribution in [3.63, 3.8) is 0 Å². The molecule has 1 aromatic carbocycles. The van der Waals surface area contributed by atoms with E-state index in [0.717, 1.165) is 24.0 Å². The number of hydrogen-bond donors (Lipinski definition) is 2. The zero-order chi connectivity index (χ0) is 15.0. The summed E-state index contributed by atoms with van der Waals surface area (Å²) in [4.78, 5) is 12.1. The van der Waals surface area contributed by atoms with Crippen LogP contribution in [0.15, 0.2) is 18.2 Å². The van der Waals surface area contributed by atoms with Crippen LogP contribution in [0, 0.1) is 18.8 Å². The van der Waals surface area contributed by atoms with Crippen molar-refractivity contribution in [1.29, 1.82) is 0 Å². The van der Waals surface area contributed by atoms with Crippen LogP contribution in [0.25, 0.3) is 0 Å². The minimum atomic E-state index is -0.0309. The van der Waals surface area contributed by atoms with Crippen molar-refractivity contribution in [1.82, 2.24) is 5.32 Å². The van der Waals surface area contributed by atoms with Crippen LogP contribution >= 0.6 is 0 Å². The monoisotopic (exact) mass is 273 g/mol. The van der Waals surface area contributed by atoms with Gasteiger partial charge in [0.05, 0.1) is 6.61 Å². The number of carbonyl (C=O) groups is 1. The number of rotatable bonds is 5. The summed E-state index contributed by atoms with van der Waals surface area (Å²) in [5.41, 5.74) is 2.55. The molecule has 0 aliphatic carbocycles. The minimum absolute atomic E-state index is 0.0309. The van der Waals surface area contributed by atoms with Gasteiger partial charge in [0.2, 0.25) is 0 Å². The first-order valence-corrected chi connectivity index (χ1v) is 7.13. The van der Waals surface area contributed by atoms with E-state index in [0.29, 0.717) is 12.0 Å². The Morgan fingerprint density at radius 3 is 2.60 bits per heavy atom. The molecule has 0 saturated carbocycles. The van der Waals surface area contributed by atoms with E-state index in [1.54, 1.807) is 6.07 Å². The molecular weight excluding hydrogens is 250 g/mol. The minimum Gasteiger partial charge on any atom is -0.395 e. The summed E-state index contributed by atoms with van der Waals surface area (Å²) in [6.45, 7) is 6.15. The summed E-state index contributed by atoms with van der Waals surface area (Å²) in [6, 6.07) is 5.75. The van der Waals surface area contributed by atoms with E-state index >= 15 is 0 Å². The number of nitrogens with one attached hydrogen (secondary N) is 1. The number of hydrogen-bond acceptors (Lipinski definition) is 2. The number of benzene rings is 1. The molecule has 1 amide bonds. The quantitative estimate of drug-likeness (QED) is 0.810. The van der Waals surface area contributed by atoms with Crippen molar-refractivity contribution in [3.05, 3.63) is 34.9 Å². The number of aliphatic hydroxyl groups excluding tert-OH is 1. The van der Waals surface area contributed by atoms with Crippen LogP contribution in [0.2, 0.25) is 0 Å². The van der Waals surface area contributed by atoms with Crippen LogP contribution in [0.4, 0.5) is 0 Å². The van der Waals surface area contributed by atoms with Gasteiger partial charge in [0.15, 0.2) is 0 Å². The van der Waals surface area contributed by atoms with E-state index in [1.807, 2.05) is 19.1 Å². The molecular formula is C17H23NO2. The number of carbonyl (C=O) groups excluding carboxylic acids is 1. The molecule has 2 N–H and O–H groups in total. The molecule has 0 aliphatic heterocycles. The third-order valence-electron chi connectivity index (χ3n) is 3.27. The summed E-state index contributed by atoms with van der Waals surface area (Å²) >= 11 is 0. The molecule has 0 bridgehead atoms. The third kappa shape index (κ3) is 4.71. The van der Waals surface area contributed by atoms with Gasteiger partial charge in [0.1, 0.15) is 0 Å². The van der Waals surface area contributed by atoms with Crippen LogP contribution < -0.4 is 5.32 Å². The molecule has 0 atom stereocenters. The van der Waals surface area contributed by atoms with Gasteiger partial charge >= 0.3 is 0 Å². The van der Waals surface area contributed by atoms with Crippen molar-refractivity contribution in [2.75, 3.05) is 6.61 Å². The topological polar surface area (TPSA) is 49.3 Å².